The molecule has 0 saturated carbocycles. The van der Waals surface area contributed by atoms with E-state index in [0.29, 0.717) is 19.3 Å². The van der Waals surface area contributed by atoms with Crippen LogP contribution in [0.25, 0.3) is 0 Å². The molecule has 1 saturated heterocycles. The van der Waals surface area contributed by atoms with E-state index in [1.54, 1.807) is 0 Å². The zero-order valence-electron chi connectivity index (χ0n) is 47.8. The van der Waals surface area contributed by atoms with E-state index in [0.717, 1.165) is 103 Å². The van der Waals surface area contributed by atoms with Gasteiger partial charge in [0.15, 0.2) is 24.6 Å². The van der Waals surface area contributed by atoms with Gasteiger partial charge < -0.3 is 39.0 Å². The van der Waals surface area contributed by atoms with E-state index in [1.165, 1.54) is 116 Å². The number of carbonyl (C=O) groups is 4. The number of ether oxygens (including phenoxy) is 5. The standard InChI is InChI=1S/C63H110O12/c1-4-7-10-13-16-19-22-24-26-28-30-32-35-37-40-43-46-49-55(64)71-52-54(73-56(65)50-47-44-41-39-36-33-31-29-27-25-23-20-17-14-11-8-5-2)53-72-63-61(59(68)58(67)60(75-63)62(69)70)74-57(66)51-48-45-42-38-34-21-18-15-12-9-6-3/h16-17,19-20,24-27,54,58-61,63,67-68H,4-15,18,21-23,28-53H2,1-3H3,(H,69,70)/b19-16-,20-17-,26-24-,27-25-. The monoisotopic (exact) mass is 1060 g/mol. The zero-order valence-corrected chi connectivity index (χ0v) is 47.8. The number of rotatable bonds is 52. The molecule has 12 heteroatoms. The molecule has 75 heavy (non-hydrogen) atoms. The third-order valence-corrected chi connectivity index (χ3v) is 13.9. The Kier molecular flexibility index (Phi) is 47.8. The molecule has 0 aromatic rings. The molecule has 434 valence electrons. The third kappa shape index (κ3) is 41.5. The van der Waals surface area contributed by atoms with Gasteiger partial charge in [0.05, 0.1) is 6.61 Å². The van der Waals surface area contributed by atoms with Crippen LogP contribution in [-0.4, -0.2) is 89.2 Å². The summed E-state index contributed by atoms with van der Waals surface area (Å²) < 4.78 is 28.4. The highest BCUT2D eigenvalue weighted by atomic mass is 16.7. The van der Waals surface area contributed by atoms with Gasteiger partial charge in [-0.2, -0.15) is 0 Å². The van der Waals surface area contributed by atoms with Crippen molar-refractivity contribution in [2.45, 2.75) is 314 Å². The molecule has 0 bridgehead atoms. The topological polar surface area (TPSA) is 175 Å². The highest BCUT2D eigenvalue weighted by molar-refractivity contribution is 5.74. The Morgan fingerprint density at radius 1 is 0.440 bits per heavy atom. The summed E-state index contributed by atoms with van der Waals surface area (Å²) in [4.78, 5) is 51.1. The van der Waals surface area contributed by atoms with E-state index in [1.807, 2.05) is 0 Å². The Morgan fingerprint density at radius 2 is 0.800 bits per heavy atom. The summed E-state index contributed by atoms with van der Waals surface area (Å²) in [5.41, 5.74) is 0. The number of hydrogen-bond acceptors (Lipinski definition) is 11. The van der Waals surface area contributed by atoms with Crippen LogP contribution in [0.15, 0.2) is 48.6 Å². The van der Waals surface area contributed by atoms with Crippen LogP contribution in [0, 0.1) is 0 Å². The first-order valence-corrected chi connectivity index (χ1v) is 30.6. The van der Waals surface area contributed by atoms with Crippen LogP contribution in [-0.2, 0) is 42.9 Å². The van der Waals surface area contributed by atoms with Gasteiger partial charge in [-0.25, -0.2) is 4.79 Å². The third-order valence-electron chi connectivity index (χ3n) is 13.9. The molecular weight excluding hydrogens is 949 g/mol. The van der Waals surface area contributed by atoms with E-state index >= 15 is 0 Å². The molecule has 3 N–H and O–H groups in total. The molecule has 1 fully saturated rings. The van der Waals surface area contributed by atoms with E-state index in [-0.39, 0.29) is 25.9 Å². The quantitative estimate of drug-likeness (QED) is 0.0228. The van der Waals surface area contributed by atoms with Crippen LogP contribution < -0.4 is 0 Å². The molecule has 12 nitrogen and oxygen atoms in total. The Labute approximate surface area is 456 Å². The molecule has 1 rings (SSSR count). The molecule has 0 radical (unpaired) electrons. The molecule has 1 heterocycles. The van der Waals surface area contributed by atoms with Crippen molar-refractivity contribution in [3.05, 3.63) is 48.6 Å². The number of aliphatic hydroxyl groups excluding tert-OH is 2. The van der Waals surface area contributed by atoms with E-state index < -0.39 is 67.3 Å². The number of allylic oxidation sites excluding steroid dienone is 8. The maximum Gasteiger partial charge on any atom is 0.335 e. The number of carboxylic acids is 1. The number of carbonyl (C=O) groups excluding carboxylic acids is 3. The van der Waals surface area contributed by atoms with Crippen LogP contribution in [0.1, 0.15) is 278 Å². The molecule has 1 aliphatic heterocycles. The largest absolute Gasteiger partial charge is 0.479 e. The lowest BCUT2D eigenvalue weighted by Gasteiger charge is -2.40. The number of hydrogen-bond donors (Lipinski definition) is 3. The van der Waals surface area contributed by atoms with Crippen molar-refractivity contribution in [1.82, 2.24) is 0 Å². The van der Waals surface area contributed by atoms with Gasteiger partial charge in [-0.3, -0.25) is 14.4 Å². The van der Waals surface area contributed by atoms with Crippen LogP contribution in [0.4, 0.5) is 0 Å². The minimum absolute atomic E-state index is 0.0619. The molecule has 0 spiro atoms. The lowest BCUT2D eigenvalue weighted by molar-refractivity contribution is -0.301. The summed E-state index contributed by atoms with van der Waals surface area (Å²) in [6, 6.07) is 0. The second kappa shape index (κ2) is 51.4. The second-order valence-electron chi connectivity index (χ2n) is 21.0. The highest BCUT2D eigenvalue weighted by Gasteiger charge is 2.50. The average Bonchev–Trinajstić information content (AvgIpc) is 3.39. The summed E-state index contributed by atoms with van der Waals surface area (Å²) in [7, 11) is 0. The van der Waals surface area contributed by atoms with Gasteiger partial charge in [-0.15, -0.1) is 0 Å². The minimum Gasteiger partial charge on any atom is -0.479 e. The van der Waals surface area contributed by atoms with Crippen molar-refractivity contribution in [2.75, 3.05) is 13.2 Å². The zero-order chi connectivity index (χ0) is 54.7. The van der Waals surface area contributed by atoms with Gasteiger partial charge >= 0.3 is 23.9 Å². The van der Waals surface area contributed by atoms with Crippen LogP contribution in [0.5, 0.6) is 0 Å². The van der Waals surface area contributed by atoms with Gasteiger partial charge in [0.25, 0.3) is 0 Å². The smallest absolute Gasteiger partial charge is 0.335 e. The lowest BCUT2D eigenvalue weighted by Crippen LogP contribution is -2.61. The molecule has 1 aliphatic rings. The number of unbranched alkanes of at least 4 members (excludes halogenated alkanes) is 30. The predicted octanol–water partition coefficient (Wildman–Crippen LogP) is 15.8. The first-order chi connectivity index (χ1) is 36.6. The number of aliphatic hydroxyl groups is 2. The van der Waals surface area contributed by atoms with Gasteiger partial charge in [-0.05, 0) is 83.5 Å². The molecule has 6 unspecified atom stereocenters. The maximum atomic E-state index is 13.2. The van der Waals surface area contributed by atoms with Gasteiger partial charge in [0, 0.05) is 19.3 Å². The maximum absolute atomic E-state index is 13.2. The molecule has 0 aliphatic carbocycles. The number of esters is 3. The lowest BCUT2D eigenvalue weighted by atomic mass is 9.98. The predicted molar refractivity (Wildman–Crippen MR) is 303 cm³/mol. The minimum atomic E-state index is -1.90. The van der Waals surface area contributed by atoms with Crippen LogP contribution in [0.3, 0.4) is 0 Å². The molecule has 0 aromatic heterocycles. The highest BCUT2D eigenvalue weighted by Crippen LogP contribution is 2.26. The van der Waals surface area contributed by atoms with Gasteiger partial charge in [0.2, 0.25) is 0 Å². The summed E-state index contributed by atoms with van der Waals surface area (Å²) in [5, 5.41) is 31.5. The van der Waals surface area contributed by atoms with E-state index in [2.05, 4.69) is 69.4 Å². The summed E-state index contributed by atoms with van der Waals surface area (Å²) in [6.45, 7) is 5.94. The normalized spacial score (nSPS) is 18.4. The summed E-state index contributed by atoms with van der Waals surface area (Å²) >= 11 is 0. The van der Waals surface area contributed by atoms with Crippen molar-refractivity contribution in [1.29, 1.82) is 0 Å². The van der Waals surface area contributed by atoms with Gasteiger partial charge in [0.1, 0.15) is 18.8 Å². The fraction of sp³-hybridized carbons (Fsp3) is 0.810. The van der Waals surface area contributed by atoms with Crippen molar-refractivity contribution < 1.29 is 58.2 Å². The molecule has 0 aromatic carbocycles. The number of carboxylic acid groups (broad SMARTS) is 1. The fourth-order valence-corrected chi connectivity index (χ4v) is 9.13. The SMILES string of the molecule is CCCCC/C=C\C/C=C\CCCCCCCCCC(=O)OCC(COC1OC(C(=O)O)C(O)C(O)C1OC(=O)CCCCCCCCCCCCC)OC(=O)CCCCCCCCC/C=C\C/C=C\CCCCC. The Balaban J connectivity index is 2.68. The van der Waals surface area contributed by atoms with Crippen LogP contribution >= 0.6 is 0 Å². The molecule has 6 atom stereocenters. The Bertz CT molecular complexity index is 1490. The van der Waals surface area contributed by atoms with Crippen molar-refractivity contribution in [3.8, 4) is 0 Å². The van der Waals surface area contributed by atoms with Crippen molar-refractivity contribution in [3.63, 3.8) is 0 Å². The first kappa shape index (κ1) is 69.7. The van der Waals surface area contributed by atoms with Crippen molar-refractivity contribution >= 4 is 23.9 Å². The molecule has 0 amide bonds. The summed E-state index contributed by atoms with van der Waals surface area (Å²) in [6.07, 6.45) is 49.3. The van der Waals surface area contributed by atoms with Crippen LogP contribution in [0.2, 0.25) is 0 Å². The second-order valence-corrected chi connectivity index (χ2v) is 21.0. The Hall–Kier alpha value is -3.32. The van der Waals surface area contributed by atoms with Crippen molar-refractivity contribution in [2.24, 2.45) is 0 Å². The summed E-state index contributed by atoms with van der Waals surface area (Å²) in [5.74, 6) is -3.12. The van der Waals surface area contributed by atoms with E-state index in [9.17, 15) is 34.5 Å². The average molecular weight is 1060 g/mol. The Morgan fingerprint density at radius 3 is 1.23 bits per heavy atom. The van der Waals surface area contributed by atoms with Gasteiger partial charge in [-0.1, -0.05) is 223 Å². The molecular formula is C63H110O12. The number of aliphatic carboxylic acids is 1. The fourth-order valence-electron chi connectivity index (χ4n) is 9.13. The first-order valence-electron chi connectivity index (χ1n) is 30.6. The van der Waals surface area contributed by atoms with E-state index in [4.69, 9.17) is 23.7 Å².